The van der Waals surface area contributed by atoms with Gasteiger partial charge in [0.05, 0.1) is 0 Å². The molecule has 3 aromatic carbocycles. The van der Waals surface area contributed by atoms with Crippen LogP contribution in [0.15, 0.2) is 83.3 Å². The number of fused-ring (bicyclic) bond motifs is 1. The first-order valence-corrected chi connectivity index (χ1v) is 8.90. The maximum Gasteiger partial charge on any atom is 0.287 e. The summed E-state index contributed by atoms with van der Waals surface area (Å²) in [6.45, 7) is 0.520. The molecule has 0 fully saturated rings. The molecule has 5 heteroatoms. The van der Waals surface area contributed by atoms with E-state index in [4.69, 9.17) is 9.15 Å². The highest BCUT2D eigenvalue weighted by atomic mass is 19.1. The summed E-state index contributed by atoms with van der Waals surface area (Å²) in [5, 5.41) is 4.99. The van der Waals surface area contributed by atoms with Gasteiger partial charge < -0.3 is 14.5 Å². The minimum Gasteiger partial charge on any atom is -0.486 e. The summed E-state index contributed by atoms with van der Waals surface area (Å²) in [4.78, 5) is 12.2. The first-order chi connectivity index (χ1) is 13.7. The molecule has 0 unspecified atom stereocenters. The van der Waals surface area contributed by atoms with Crippen LogP contribution in [0.4, 0.5) is 4.39 Å². The Labute approximate surface area is 161 Å². The smallest absolute Gasteiger partial charge is 0.287 e. The van der Waals surface area contributed by atoms with Crippen LogP contribution in [0.2, 0.25) is 0 Å². The van der Waals surface area contributed by atoms with Gasteiger partial charge in [0.25, 0.3) is 5.91 Å². The molecule has 1 heterocycles. The van der Waals surface area contributed by atoms with Gasteiger partial charge in [-0.2, -0.15) is 0 Å². The summed E-state index contributed by atoms with van der Waals surface area (Å²) >= 11 is 0. The standard InChI is InChI=1S/C23H18FNO3/c24-19-8-5-16(6-9-19)14-25-23(26)22-12-11-21(28-22)15-27-20-10-7-17-3-1-2-4-18(17)13-20/h1-13H,14-15H2,(H,25,26). The van der Waals surface area contributed by atoms with Crippen molar-refractivity contribution in [1.29, 1.82) is 0 Å². The van der Waals surface area contributed by atoms with Gasteiger partial charge in [-0.15, -0.1) is 0 Å². The van der Waals surface area contributed by atoms with E-state index in [9.17, 15) is 9.18 Å². The van der Waals surface area contributed by atoms with Gasteiger partial charge in [0, 0.05) is 6.54 Å². The Bertz CT molecular complexity index is 1100. The highest BCUT2D eigenvalue weighted by Gasteiger charge is 2.11. The second-order valence-electron chi connectivity index (χ2n) is 6.37. The van der Waals surface area contributed by atoms with E-state index in [2.05, 4.69) is 5.32 Å². The summed E-state index contributed by atoms with van der Waals surface area (Å²) in [6, 6.07) is 23.2. The quantitative estimate of drug-likeness (QED) is 0.511. The van der Waals surface area contributed by atoms with E-state index in [0.717, 1.165) is 22.1 Å². The minimum atomic E-state index is -0.332. The van der Waals surface area contributed by atoms with Crippen LogP contribution in [0.5, 0.6) is 5.75 Å². The number of nitrogens with one attached hydrogen (secondary N) is 1. The second-order valence-corrected chi connectivity index (χ2v) is 6.37. The molecule has 0 aliphatic rings. The van der Waals surface area contributed by atoms with Crippen molar-refractivity contribution in [3.63, 3.8) is 0 Å². The molecular weight excluding hydrogens is 357 g/mol. The van der Waals surface area contributed by atoms with Gasteiger partial charge in [-0.25, -0.2) is 4.39 Å². The number of rotatable bonds is 6. The lowest BCUT2D eigenvalue weighted by Gasteiger charge is -2.06. The first kappa shape index (κ1) is 17.8. The second kappa shape index (κ2) is 7.96. The molecule has 0 spiro atoms. The van der Waals surface area contributed by atoms with E-state index in [0.29, 0.717) is 12.3 Å². The lowest BCUT2D eigenvalue weighted by atomic mass is 10.1. The van der Waals surface area contributed by atoms with Crippen LogP contribution >= 0.6 is 0 Å². The highest BCUT2D eigenvalue weighted by molar-refractivity contribution is 5.91. The van der Waals surface area contributed by atoms with Gasteiger partial charge in [0.1, 0.15) is 23.9 Å². The lowest BCUT2D eigenvalue weighted by Crippen LogP contribution is -2.22. The first-order valence-electron chi connectivity index (χ1n) is 8.90. The van der Waals surface area contributed by atoms with E-state index in [1.807, 2.05) is 42.5 Å². The molecule has 140 valence electrons. The van der Waals surface area contributed by atoms with Gasteiger partial charge in [-0.3, -0.25) is 4.79 Å². The van der Waals surface area contributed by atoms with Crippen LogP contribution in [0.3, 0.4) is 0 Å². The summed E-state index contributed by atoms with van der Waals surface area (Å²) < 4.78 is 24.2. The number of furan rings is 1. The number of halogens is 1. The van der Waals surface area contributed by atoms with Gasteiger partial charge in [0.15, 0.2) is 5.76 Å². The maximum atomic E-state index is 12.9. The van der Waals surface area contributed by atoms with Crippen LogP contribution in [0, 0.1) is 5.82 Å². The van der Waals surface area contributed by atoms with Crippen molar-refractivity contribution in [2.75, 3.05) is 0 Å². The molecule has 0 bridgehead atoms. The van der Waals surface area contributed by atoms with Crippen LogP contribution < -0.4 is 10.1 Å². The average Bonchev–Trinajstić information content (AvgIpc) is 3.21. The molecule has 0 aliphatic carbocycles. The Balaban J connectivity index is 1.34. The van der Waals surface area contributed by atoms with Crippen LogP contribution in [-0.4, -0.2) is 5.91 Å². The van der Waals surface area contributed by atoms with E-state index in [1.54, 1.807) is 24.3 Å². The fourth-order valence-corrected chi connectivity index (χ4v) is 2.86. The molecule has 4 nitrogen and oxygen atoms in total. The molecular formula is C23H18FNO3. The molecule has 0 saturated heterocycles. The molecule has 1 amide bonds. The number of carbonyl (C=O) groups excluding carboxylic acids is 1. The van der Waals surface area contributed by atoms with Gasteiger partial charge >= 0.3 is 0 Å². The highest BCUT2D eigenvalue weighted by Crippen LogP contribution is 2.21. The SMILES string of the molecule is O=C(NCc1ccc(F)cc1)c1ccc(COc2ccc3ccccc3c2)o1. The van der Waals surface area contributed by atoms with E-state index in [-0.39, 0.29) is 24.1 Å². The number of ether oxygens (including phenoxy) is 1. The van der Waals surface area contributed by atoms with E-state index < -0.39 is 0 Å². The zero-order valence-corrected chi connectivity index (χ0v) is 15.0. The van der Waals surface area contributed by atoms with Crippen molar-refractivity contribution in [1.82, 2.24) is 5.32 Å². The molecule has 4 aromatic rings. The predicted molar refractivity (Wildman–Crippen MR) is 105 cm³/mol. The fourth-order valence-electron chi connectivity index (χ4n) is 2.86. The Hall–Kier alpha value is -3.60. The molecule has 1 aromatic heterocycles. The van der Waals surface area contributed by atoms with Gasteiger partial charge in [-0.1, -0.05) is 42.5 Å². The molecule has 0 radical (unpaired) electrons. The van der Waals surface area contributed by atoms with Crippen molar-refractivity contribution < 1.29 is 18.3 Å². The molecule has 0 saturated carbocycles. The Kier molecular flexibility index (Phi) is 5.06. The number of carbonyl (C=O) groups is 1. The van der Waals surface area contributed by atoms with Crippen molar-refractivity contribution >= 4 is 16.7 Å². The number of amides is 1. The summed E-state index contributed by atoms with van der Waals surface area (Å²) in [7, 11) is 0. The van der Waals surface area contributed by atoms with E-state index in [1.165, 1.54) is 12.1 Å². The normalized spacial score (nSPS) is 10.8. The Morgan fingerprint density at radius 3 is 2.54 bits per heavy atom. The summed E-state index contributed by atoms with van der Waals surface area (Å²) in [6.07, 6.45) is 0. The Morgan fingerprint density at radius 2 is 1.71 bits per heavy atom. The monoisotopic (exact) mass is 375 g/mol. The van der Waals surface area contributed by atoms with Crippen molar-refractivity contribution in [3.05, 3.63) is 102 Å². The third-order valence-electron chi connectivity index (χ3n) is 4.35. The average molecular weight is 375 g/mol. The number of hydrogen-bond donors (Lipinski definition) is 1. The molecule has 0 aliphatic heterocycles. The summed E-state index contributed by atoms with van der Waals surface area (Å²) in [5.41, 5.74) is 0.807. The van der Waals surface area contributed by atoms with Crippen LogP contribution in [-0.2, 0) is 13.2 Å². The molecule has 0 atom stereocenters. The fraction of sp³-hybridized carbons (Fsp3) is 0.0870. The van der Waals surface area contributed by atoms with Crippen LogP contribution in [0.25, 0.3) is 10.8 Å². The van der Waals surface area contributed by atoms with Crippen LogP contribution in [0.1, 0.15) is 21.9 Å². The van der Waals surface area contributed by atoms with Gasteiger partial charge in [-0.05, 0) is 52.7 Å². The molecule has 1 N–H and O–H groups in total. The van der Waals surface area contributed by atoms with E-state index >= 15 is 0 Å². The van der Waals surface area contributed by atoms with Crippen molar-refractivity contribution in [3.8, 4) is 5.75 Å². The largest absolute Gasteiger partial charge is 0.486 e. The number of hydrogen-bond acceptors (Lipinski definition) is 3. The molecule has 28 heavy (non-hydrogen) atoms. The Morgan fingerprint density at radius 1 is 0.929 bits per heavy atom. The van der Waals surface area contributed by atoms with Crippen molar-refractivity contribution in [2.24, 2.45) is 0 Å². The van der Waals surface area contributed by atoms with Crippen molar-refractivity contribution in [2.45, 2.75) is 13.2 Å². The maximum absolute atomic E-state index is 12.9. The third kappa shape index (κ3) is 4.20. The zero-order chi connectivity index (χ0) is 19.3. The topological polar surface area (TPSA) is 51.5 Å². The van der Waals surface area contributed by atoms with Gasteiger partial charge in [0.2, 0.25) is 0 Å². The zero-order valence-electron chi connectivity index (χ0n) is 15.0. The number of benzene rings is 3. The lowest BCUT2D eigenvalue weighted by molar-refractivity contribution is 0.0919. The molecule has 4 rings (SSSR count). The predicted octanol–water partition coefficient (Wildman–Crippen LogP) is 5.08. The summed E-state index contributed by atoms with van der Waals surface area (Å²) in [5.74, 6) is 0.857. The third-order valence-corrected chi connectivity index (χ3v) is 4.35. The minimum absolute atomic E-state index is 0.208.